The molecule has 40 nitrogen and oxygen atoms in total. The van der Waals surface area contributed by atoms with Gasteiger partial charge in [-0.25, -0.2) is 76.2 Å². The number of rotatable bonds is 40. The third-order valence-corrected chi connectivity index (χ3v) is 26.0. The lowest BCUT2D eigenvalue weighted by Crippen LogP contribution is -2.33. The van der Waals surface area contributed by atoms with Gasteiger partial charge in [-0.1, -0.05) is 144 Å². The van der Waals surface area contributed by atoms with Crippen molar-refractivity contribution in [3.63, 3.8) is 0 Å². The van der Waals surface area contributed by atoms with E-state index in [4.69, 9.17) is 69.0 Å². The molecule has 4 aromatic carbocycles. The van der Waals surface area contributed by atoms with Crippen LogP contribution >= 0.6 is 47.0 Å². The number of fused-ring (bicyclic) bond motifs is 4. The number of thioether (sulfide) groups is 4. The summed E-state index contributed by atoms with van der Waals surface area (Å²) in [5.74, 6) is -2.49. The number of aromatic nitrogens is 20. The van der Waals surface area contributed by atoms with Crippen molar-refractivity contribution in [2.24, 2.45) is 0 Å². The summed E-state index contributed by atoms with van der Waals surface area (Å²) in [4.78, 5) is 34.1. The summed E-state index contributed by atoms with van der Waals surface area (Å²) in [6, 6.07) is 3.18. The number of nitrogens with one attached hydrogen (secondary N) is 4. The van der Waals surface area contributed by atoms with Gasteiger partial charge in [0.25, 0.3) is 0 Å². The summed E-state index contributed by atoms with van der Waals surface area (Å²) in [6.07, 6.45) is -60.9. The minimum Gasteiger partial charge on any atom is -0.394 e. The van der Waals surface area contributed by atoms with Crippen LogP contribution in [0, 0.1) is 51.0 Å². The summed E-state index contributed by atoms with van der Waals surface area (Å²) in [7, 11) is 0. The largest absolute Gasteiger partial charge is 0.394 e. The topological polar surface area (TPSA) is 554 Å². The molecule has 0 saturated heterocycles. The number of benzene rings is 4. The molecule has 0 bridgehead atoms. The molecular weight excluding hydrogens is 1950 g/mol. The van der Waals surface area contributed by atoms with Crippen molar-refractivity contribution in [3.05, 3.63) is 141 Å². The van der Waals surface area contributed by atoms with Gasteiger partial charge in [0.05, 0.1) is 134 Å². The van der Waals surface area contributed by atoms with E-state index in [1.807, 2.05) is 0 Å². The Morgan fingerprint density at radius 2 is 0.611 bits per heavy atom. The molecule has 0 spiro atoms. The number of anilines is 4. The predicted octanol–water partition coefficient (Wildman–Crippen LogP) is 8.73. The number of halogens is 4. The van der Waals surface area contributed by atoms with E-state index in [0.717, 1.165) is 5.56 Å². The minimum absolute atomic E-state index is 0.00212. The minimum atomic E-state index is -4.29. The van der Waals surface area contributed by atoms with Crippen LogP contribution in [-0.4, -0.2) is 334 Å². The molecule has 8 aromatic heterocycles. The Labute approximate surface area is 899 Å². The fraction of sp³-hybridized carbons (Fsp3) is 0.583. The first-order valence-electron chi connectivity index (χ1n) is 64.5. The molecule has 0 radical (unpaired) electrons. The van der Waals surface area contributed by atoms with E-state index >= 15 is 0 Å². The molecule has 12 aromatic rings. The Balaban J connectivity index is 0.000000161. The van der Waals surface area contributed by atoms with Crippen LogP contribution in [0.1, 0.15) is 252 Å². The molecular formula is C96H124F4N24O16S4. The molecule has 8 heterocycles. The average Bonchev–Trinajstić information content (AvgIpc) is 1.50. The predicted molar refractivity (Wildman–Crippen MR) is 530 cm³/mol. The highest BCUT2D eigenvalue weighted by molar-refractivity contribution is 7.99. The number of ether oxygens (including phenoxy) is 4. The summed E-state index contributed by atoms with van der Waals surface area (Å²) in [5.41, 5.74) is -6.29. The van der Waals surface area contributed by atoms with Gasteiger partial charge >= 0.3 is 0 Å². The van der Waals surface area contributed by atoms with Crippen LogP contribution in [0.3, 0.4) is 0 Å². The Morgan fingerprint density at radius 3 is 0.847 bits per heavy atom. The van der Waals surface area contributed by atoms with Crippen LogP contribution in [0.5, 0.6) is 0 Å². The Hall–Kier alpha value is -9.52. The first kappa shape index (κ1) is 66.0. The normalized spacial score (nSPS) is 42.1. The summed E-state index contributed by atoms with van der Waals surface area (Å²) in [5, 5.41) is 168. The maximum Gasteiger partial charge on any atom is 0.191 e. The second-order valence-corrected chi connectivity index (χ2v) is 36.1. The second kappa shape index (κ2) is 47.3. The summed E-state index contributed by atoms with van der Waals surface area (Å²) >= 11 is 2.21. The molecule has 20 rings (SSSR count). The van der Waals surface area contributed by atoms with Crippen molar-refractivity contribution >= 4 is 115 Å². The van der Waals surface area contributed by atoms with Gasteiger partial charge in [0.1, 0.15) is 71.9 Å². The molecule has 0 amide bonds. The highest BCUT2D eigenvalue weighted by Gasteiger charge is 2.51. The lowest BCUT2D eigenvalue weighted by Gasteiger charge is -2.17. The Morgan fingerprint density at radius 1 is 0.354 bits per heavy atom. The lowest BCUT2D eigenvalue weighted by atomic mass is 10.1. The van der Waals surface area contributed by atoms with Gasteiger partial charge < -0.3 is 101 Å². The molecule has 24 atom stereocenters. The summed E-state index contributed by atoms with van der Waals surface area (Å²) < 4.78 is 410. The highest BCUT2D eigenvalue weighted by Crippen LogP contribution is 2.50. The van der Waals surface area contributed by atoms with E-state index in [0.29, 0.717) is 116 Å². The smallest absolute Gasteiger partial charge is 0.191 e. The number of aliphatic hydroxyl groups is 12. The maximum atomic E-state index is 14.3. The zero-order chi connectivity index (χ0) is 138. The van der Waals surface area contributed by atoms with E-state index in [1.165, 1.54) is 31.2 Å². The Kier molecular flexibility index (Phi) is 21.7. The molecule has 144 heavy (non-hydrogen) atoms. The summed E-state index contributed by atoms with van der Waals surface area (Å²) in [6.45, 7) is -6.22. The quantitative estimate of drug-likeness (QED) is 0.00969. The van der Waals surface area contributed by atoms with Crippen LogP contribution in [0.4, 0.5) is 40.8 Å². The van der Waals surface area contributed by atoms with E-state index in [9.17, 15) is 78.8 Å². The van der Waals surface area contributed by atoms with Crippen LogP contribution in [0.15, 0.2) is 93.4 Å². The zero-order valence-corrected chi connectivity index (χ0v) is 80.4. The third-order valence-electron chi connectivity index (χ3n) is 22.8. The number of hydrogen-bond acceptors (Lipinski definition) is 40. The zero-order valence-electron chi connectivity index (χ0n) is 117. The van der Waals surface area contributed by atoms with Crippen molar-refractivity contribution in [1.82, 2.24) is 99.8 Å². The van der Waals surface area contributed by atoms with E-state index in [1.54, 1.807) is 97.0 Å². The van der Waals surface area contributed by atoms with Crippen LogP contribution in [-0.2, 0) is 18.9 Å². The highest BCUT2D eigenvalue weighted by atomic mass is 32.2. The molecule has 8 aliphatic carbocycles. The van der Waals surface area contributed by atoms with Crippen molar-refractivity contribution in [2.75, 3.05) is 96.8 Å². The van der Waals surface area contributed by atoms with Gasteiger partial charge in [-0.05, 0) is 148 Å². The van der Waals surface area contributed by atoms with Crippen molar-refractivity contribution in [3.8, 4) is 0 Å². The van der Waals surface area contributed by atoms with Gasteiger partial charge in [-0.3, -0.25) is 0 Å². The van der Waals surface area contributed by atoms with Gasteiger partial charge in [0.2, 0.25) is 0 Å². The standard InChI is InChI=1S/4C24H31FN6O4S/c4*1-3-8-36-24-27-22(26-16-10-14(16)13-5-4-12(2)15(25)9-13)19-23(28-24)31(30-29-19)17-11-18(35-7-6-32)21(34)20(17)33/h4*4-5,9,14,16-18,20-21,32-34H,3,6-8,10-11H2,1-2H3,(H,26,27,28)/t4*14-,16+,17+,18-,20-,21+/m0000/s1/i6D2,7D2,8D2,11D2,17D,18D,20D,21D;7D2,8D2,11D2,17D,18D,20D,21D;6D2,8D2,11D2,17D,18D,20D,21D;8D2,11D2,17D,18D,20D,21D. The first-order valence-corrected chi connectivity index (χ1v) is 47.7. The van der Waals surface area contributed by atoms with E-state index < -0.39 is 226 Å². The SMILES string of the molecule is [2H]C([2H])(CC)Sc1nc(N[C@@H]2C[C@H]2c2ccc(C)c(F)c2)c2nnn([C@]3([2H])C([2H])([2H])[C@]([2H])(OC([2H])([2H])C([2H])([2H])O)[C@@]([2H])(O)[C@@]3([2H])O)c2n1.[2H]C([2H])(CC)Sc1nc(N[C@@H]2C[C@H]2c2ccc(C)c(F)c2)c2nnn([C@]3([2H])C([2H])([2H])[C@]([2H])(OCCO)[C@@]([2H])(O)[C@@]3([2H])O)c2n1.[2H]C([2H])(CO)O[C@@]1([2H])C([2H])([2H])[C@@]([2H])(n2nnc3c(N[C@@H]4C[C@H]4c4ccc(C)c(F)c4)nc(SC([2H])([2H])CC)nc32)[C@]([2H])(O)[C@]1([2H])O.[2H]C([2H])(O)CO[C@@]1([2H])C([2H])([2H])[C@@]([2H])(n2nnc3c(N[C@@H]4C[C@H]4c4ccc(C)c(F)c4)nc(SC([2H])([2H])CC)nc32)[C@]([2H])(O)[C@]1([2H])O. The second-order valence-electron chi connectivity index (χ2n) is 32.7. The molecule has 0 unspecified atom stereocenters. The monoisotopic (exact) mass is 2110 g/mol. The Bertz CT molecular complexity index is 8660. The van der Waals surface area contributed by atoms with Gasteiger partial charge in [-0.15, -0.1) is 20.4 Å². The third kappa shape index (κ3) is 23.8. The number of aliphatic hydroxyl groups excluding tert-OH is 2. The van der Waals surface area contributed by atoms with Crippen molar-refractivity contribution in [2.45, 2.75) is 298 Å². The van der Waals surface area contributed by atoms with Crippen molar-refractivity contribution in [1.29, 1.82) is 0 Å². The van der Waals surface area contributed by atoms with E-state index in [-0.39, 0.29) is 171 Å². The average molecular weight is 2110 g/mol. The van der Waals surface area contributed by atoms with Gasteiger partial charge in [0.15, 0.2) is 88.6 Å². The molecule has 8 fully saturated rings. The molecule has 8 saturated carbocycles. The van der Waals surface area contributed by atoms with Crippen LogP contribution in [0.25, 0.3) is 44.7 Å². The van der Waals surface area contributed by atoms with Gasteiger partial charge in [-0.2, -0.15) is 0 Å². The molecule has 48 heteroatoms. The fourth-order valence-corrected chi connectivity index (χ4v) is 17.2. The number of hydrogen-bond donors (Lipinski definition) is 16. The number of aryl methyl sites for hydroxylation is 4. The van der Waals surface area contributed by atoms with Crippen molar-refractivity contribution < 1.29 is 153 Å². The first-order chi connectivity index (χ1) is 83.9. The molecule has 776 valence electrons. The van der Waals surface area contributed by atoms with Crippen LogP contribution in [0.2, 0.25) is 0 Å². The fourth-order valence-electron chi connectivity index (χ4n) is 15.0. The molecule has 16 N–H and O–H groups in total. The van der Waals surface area contributed by atoms with Crippen LogP contribution < -0.4 is 21.3 Å². The van der Waals surface area contributed by atoms with Gasteiger partial charge in [0, 0.05) is 118 Å². The maximum absolute atomic E-state index is 14.3. The lowest BCUT2D eigenvalue weighted by molar-refractivity contribution is -0.0629. The van der Waals surface area contributed by atoms with E-state index in [2.05, 4.69) is 107 Å². The molecule has 0 aliphatic heterocycles. The molecule has 8 aliphatic rings. The number of nitrogens with zero attached hydrogens (tertiary/aromatic N) is 20.